The summed E-state index contributed by atoms with van der Waals surface area (Å²) in [4.78, 5) is 14.4. The summed E-state index contributed by atoms with van der Waals surface area (Å²) in [5, 5.41) is 1.69. The Morgan fingerprint density at radius 3 is 2.50 bits per heavy atom. The normalized spacial score (nSPS) is 11.4. The van der Waals surface area contributed by atoms with Crippen molar-refractivity contribution in [2.24, 2.45) is 0 Å². The van der Waals surface area contributed by atoms with Gasteiger partial charge in [-0.1, -0.05) is 19.1 Å². The number of aryl methyl sites for hydroxylation is 1. The molecular weight excluding hydrogens is 320 g/mol. The van der Waals surface area contributed by atoms with Crippen LogP contribution in [0.1, 0.15) is 29.9 Å². The average molecular weight is 338 g/mol. The molecule has 5 nitrogen and oxygen atoms in total. The molecule has 7 heteroatoms. The molecule has 2 rings (SSSR count). The SMILES string of the molecule is CCN(C(=O)c1csnc1C)c1ccccc1S(=O)(=O)CC. The van der Waals surface area contributed by atoms with Gasteiger partial charge in [0.2, 0.25) is 0 Å². The third-order valence-electron chi connectivity index (χ3n) is 3.41. The van der Waals surface area contributed by atoms with E-state index in [2.05, 4.69) is 4.37 Å². The van der Waals surface area contributed by atoms with Crippen LogP contribution < -0.4 is 4.90 Å². The molecule has 0 spiro atoms. The lowest BCUT2D eigenvalue weighted by atomic mass is 10.2. The summed E-state index contributed by atoms with van der Waals surface area (Å²) in [7, 11) is -3.40. The number of hydrogen-bond donors (Lipinski definition) is 0. The highest BCUT2D eigenvalue weighted by Crippen LogP contribution is 2.28. The molecule has 118 valence electrons. The van der Waals surface area contributed by atoms with E-state index in [0.29, 0.717) is 23.5 Å². The number of amides is 1. The van der Waals surface area contributed by atoms with Crippen molar-refractivity contribution in [1.82, 2.24) is 4.37 Å². The minimum Gasteiger partial charge on any atom is -0.307 e. The first kappa shape index (κ1) is 16.6. The van der Waals surface area contributed by atoms with Crippen molar-refractivity contribution in [3.63, 3.8) is 0 Å². The predicted octanol–water partition coefficient (Wildman–Crippen LogP) is 2.91. The van der Waals surface area contributed by atoms with Crippen molar-refractivity contribution < 1.29 is 13.2 Å². The number of para-hydroxylation sites is 1. The van der Waals surface area contributed by atoms with Crippen LogP contribution in [0.3, 0.4) is 0 Å². The lowest BCUT2D eigenvalue weighted by molar-refractivity contribution is 0.0987. The van der Waals surface area contributed by atoms with Gasteiger partial charge < -0.3 is 4.90 Å². The van der Waals surface area contributed by atoms with E-state index < -0.39 is 9.84 Å². The molecule has 0 aliphatic carbocycles. The third kappa shape index (κ3) is 3.05. The van der Waals surface area contributed by atoms with E-state index in [9.17, 15) is 13.2 Å². The highest BCUT2D eigenvalue weighted by Gasteiger charge is 2.25. The molecule has 0 radical (unpaired) electrons. The fourth-order valence-electron chi connectivity index (χ4n) is 2.17. The van der Waals surface area contributed by atoms with E-state index in [1.807, 2.05) is 6.92 Å². The number of sulfone groups is 1. The van der Waals surface area contributed by atoms with Crippen molar-refractivity contribution in [3.8, 4) is 0 Å². The molecule has 0 atom stereocenters. The molecule has 0 saturated carbocycles. The van der Waals surface area contributed by atoms with Gasteiger partial charge in [0, 0.05) is 11.9 Å². The fourth-order valence-corrected chi connectivity index (χ4v) is 3.94. The van der Waals surface area contributed by atoms with Crippen molar-refractivity contribution in [3.05, 3.63) is 40.9 Å². The summed E-state index contributed by atoms with van der Waals surface area (Å²) in [6.07, 6.45) is 0. The lowest BCUT2D eigenvalue weighted by Crippen LogP contribution is -2.32. The lowest BCUT2D eigenvalue weighted by Gasteiger charge is -2.23. The average Bonchev–Trinajstić information content (AvgIpc) is 2.94. The van der Waals surface area contributed by atoms with E-state index in [4.69, 9.17) is 0 Å². The molecule has 1 amide bonds. The highest BCUT2D eigenvalue weighted by molar-refractivity contribution is 7.91. The Labute approximate surface area is 134 Å². The van der Waals surface area contributed by atoms with Crippen LogP contribution in [0.4, 0.5) is 5.69 Å². The minimum absolute atomic E-state index is 0.00517. The number of aromatic nitrogens is 1. The molecule has 0 unspecified atom stereocenters. The molecule has 0 aliphatic heterocycles. The van der Waals surface area contributed by atoms with Gasteiger partial charge in [0.15, 0.2) is 9.84 Å². The Hall–Kier alpha value is -1.73. The molecule has 0 N–H and O–H groups in total. The number of nitrogens with zero attached hydrogens (tertiary/aromatic N) is 2. The van der Waals surface area contributed by atoms with Gasteiger partial charge in [0.05, 0.1) is 27.6 Å². The van der Waals surface area contributed by atoms with Crippen LogP contribution in [0.5, 0.6) is 0 Å². The zero-order valence-electron chi connectivity index (χ0n) is 12.7. The first-order valence-electron chi connectivity index (χ1n) is 6.97. The highest BCUT2D eigenvalue weighted by atomic mass is 32.2. The molecule has 1 heterocycles. The Morgan fingerprint density at radius 1 is 1.27 bits per heavy atom. The number of rotatable bonds is 5. The van der Waals surface area contributed by atoms with Gasteiger partial charge in [0.1, 0.15) is 0 Å². The first-order valence-corrected chi connectivity index (χ1v) is 9.45. The van der Waals surface area contributed by atoms with E-state index in [0.717, 1.165) is 0 Å². The molecule has 0 fully saturated rings. The van der Waals surface area contributed by atoms with E-state index in [1.54, 1.807) is 43.5 Å². The minimum atomic E-state index is -3.40. The van der Waals surface area contributed by atoms with Crippen molar-refractivity contribution >= 4 is 33.0 Å². The predicted molar refractivity (Wildman–Crippen MR) is 88.4 cm³/mol. The summed E-state index contributed by atoms with van der Waals surface area (Å²) in [6.45, 7) is 5.57. The number of carbonyl (C=O) groups is 1. The zero-order valence-corrected chi connectivity index (χ0v) is 14.4. The standard InChI is InChI=1S/C15H18N2O3S2/c1-4-17(15(18)12-10-21-16-11(12)3)13-8-6-7-9-14(13)22(19,20)5-2/h6-10H,4-5H2,1-3H3. The molecule has 0 saturated heterocycles. The Kier molecular flexibility index (Phi) is 4.97. The van der Waals surface area contributed by atoms with Crippen LogP contribution in [0.15, 0.2) is 34.5 Å². The smallest absolute Gasteiger partial charge is 0.261 e. The van der Waals surface area contributed by atoms with Gasteiger partial charge in [-0.25, -0.2) is 8.42 Å². The van der Waals surface area contributed by atoms with Crippen molar-refractivity contribution in [2.75, 3.05) is 17.2 Å². The van der Waals surface area contributed by atoms with E-state index in [-0.39, 0.29) is 16.6 Å². The van der Waals surface area contributed by atoms with E-state index >= 15 is 0 Å². The van der Waals surface area contributed by atoms with Crippen LogP contribution in [0.25, 0.3) is 0 Å². The van der Waals surface area contributed by atoms with Crippen LogP contribution >= 0.6 is 11.5 Å². The van der Waals surface area contributed by atoms with Crippen LogP contribution in [0.2, 0.25) is 0 Å². The number of anilines is 1. The summed E-state index contributed by atoms with van der Waals surface area (Å²) in [5.74, 6) is -0.234. The second-order valence-electron chi connectivity index (χ2n) is 4.73. The maximum absolute atomic E-state index is 12.7. The Morgan fingerprint density at radius 2 is 1.95 bits per heavy atom. The first-order chi connectivity index (χ1) is 10.4. The largest absolute Gasteiger partial charge is 0.307 e. The molecule has 0 aliphatic rings. The topological polar surface area (TPSA) is 67.3 Å². The van der Waals surface area contributed by atoms with Crippen molar-refractivity contribution in [2.45, 2.75) is 25.7 Å². The summed E-state index contributed by atoms with van der Waals surface area (Å²) in [5.41, 5.74) is 1.59. The molecule has 22 heavy (non-hydrogen) atoms. The molecule has 1 aromatic heterocycles. The molecule has 2 aromatic rings. The number of benzene rings is 1. The maximum Gasteiger partial charge on any atom is 0.261 e. The second-order valence-corrected chi connectivity index (χ2v) is 7.61. The molecular formula is C15H18N2O3S2. The Balaban J connectivity index is 2.54. The Bertz CT molecular complexity index is 782. The van der Waals surface area contributed by atoms with Crippen LogP contribution in [-0.4, -0.2) is 31.0 Å². The third-order valence-corrected chi connectivity index (χ3v) is 5.91. The quantitative estimate of drug-likeness (QED) is 0.841. The van der Waals surface area contributed by atoms with Gasteiger partial charge in [-0.3, -0.25) is 4.79 Å². The monoisotopic (exact) mass is 338 g/mol. The summed E-state index contributed by atoms with van der Waals surface area (Å²) in [6, 6.07) is 6.61. The molecule has 1 aromatic carbocycles. The van der Waals surface area contributed by atoms with Crippen LogP contribution in [-0.2, 0) is 9.84 Å². The van der Waals surface area contributed by atoms with Crippen LogP contribution in [0, 0.1) is 6.92 Å². The fraction of sp³-hybridized carbons (Fsp3) is 0.333. The van der Waals surface area contributed by atoms with E-state index in [1.165, 1.54) is 16.4 Å². The molecule has 0 bridgehead atoms. The summed E-state index contributed by atoms with van der Waals surface area (Å²) >= 11 is 1.22. The van der Waals surface area contributed by atoms with Gasteiger partial charge in [0.25, 0.3) is 5.91 Å². The van der Waals surface area contributed by atoms with Gasteiger partial charge in [-0.15, -0.1) is 0 Å². The van der Waals surface area contributed by atoms with Gasteiger partial charge >= 0.3 is 0 Å². The summed E-state index contributed by atoms with van der Waals surface area (Å²) < 4.78 is 28.7. The maximum atomic E-state index is 12.7. The van der Waals surface area contributed by atoms with Crippen molar-refractivity contribution in [1.29, 1.82) is 0 Å². The van der Waals surface area contributed by atoms with Gasteiger partial charge in [-0.2, -0.15) is 4.37 Å². The zero-order chi connectivity index (χ0) is 16.3. The second kappa shape index (κ2) is 6.58. The van der Waals surface area contributed by atoms with Gasteiger partial charge in [-0.05, 0) is 37.5 Å². The number of carbonyl (C=O) groups excluding carboxylic acids is 1. The number of hydrogen-bond acceptors (Lipinski definition) is 5.